The molecule has 114 valence electrons. The lowest BCUT2D eigenvalue weighted by Gasteiger charge is -2.08. The van der Waals surface area contributed by atoms with E-state index in [-0.39, 0.29) is 17.1 Å². The van der Waals surface area contributed by atoms with Crippen LogP contribution in [0.4, 0.5) is 10.1 Å². The zero-order valence-electron chi connectivity index (χ0n) is 12.4. The summed E-state index contributed by atoms with van der Waals surface area (Å²) in [5, 5.41) is 2.63. The zero-order valence-corrected chi connectivity index (χ0v) is 12.4. The third-order valence-electron chi connectivity index (χ3n) is 3.02. The van der Waals surface area contributed by atoms with Crippen LogP contribution in [0.3, 0.4) is 0 Å². The van der Waals surface area contributed by atoms with Gasteiger partial charge in [0.2, 0.25) is 0 Å². The van der Waals surface area contributed by atoms with Gasteiger partial charge in [-0.15, -0.1) is 0 Å². The Bertz CT molecular complexity index is 713. The van der Waals surface area contributed by atoms with Crippen molar-refractivity contribution < 1.29 is 18.7 Å². The molecule has 0 saturated carbocycles. The molecule has 0 fully saturated rings. The van der Waals surface area contributed by atoms with Crippen molar-refractivity contribution in [2.45, 2.75) is 13.8 Å². The van der Waals surface area contributed by atoms with Crippen molar-refractivity contribution in [3.8, 4) is 5.75 Å². The van der Waals surface area contributed by atoms with Crippen LogP contribution >= 0.6 is 0 Å². The highest BCUT2D eigenvalue weighted by Crippen LogP contribution is 2.19. The molecule has 0 bridgehead atoms. The maximum absolute atomic E-state index is 13.8. The van der Waals surface area contributed by atoms with Gasteiger partial charge < -0.3 is 10.1 Å². The van der Waals surface area contributed by atoms with Crippen LogP contribution in [0.15, 0.2) is 42.5 Å². The maximum atomic E-state index is 13.8. The van der Waals surface area contributed by atoms with Crippen LogP contribution in [-0.2, 0) is 0 Å². The molecule has 22 heavy (non-hydrogen) atoms. The van der Waals surface area contributed by atoms with Crippen LogP contribution < -0.4 is 10.1 Å². The smallest absolute Gasteiger partial charge is 0.255 e. The number of halogens is 1. The molecule has 0 spiro atoms. The molecule has 1 N–H and O–H groups in total. The molecule has 0 radical (unpaired) electrons. The summed E-state index contributed by atoms with van der Waals surface area (Å²) in [6.45, 7) is 3.55. The van der Waals surface area contributed by atoms with Crippen molar-refractivity contribution in [1.82, 2.24) is 0 Å². The number of carbonyl (C=O) groups excluding carboxylic acids is 2. The summed E-state index contributed by atoms with van der Waals surface area (Å²) in [7, 11) is 0. The molecule has 2 rings (SSSR count). The minimum absolute atomic E-state index is 0.0942. The van der Waals surface area contributed by atoms with Gasteiger partial charge in [0, 0.05) is 16.8 Å². The Balaban J connectivity index is 2.17. The first-order valence-electron chi connectivity index (χ1n) is 6.86. The number of carbonyl (C=O) groups is 2. The lowest BCUT2D eigenvalue weighted by molar-refractivity contribution is 0.101. The number of benzene rings is 2. The van der Waals surface area contributed by atoms with Crippen LogP contribution in [0.2, 0.25) is 0 Å². The zero-order chi connectivity index (χ0) is 16.1. The average Bonchev–Trinajstić information content (AvgIpc) is 2.49. The lowest BCUT2D eigenvalue weighted by Crippen LogP contribution is -2.12. The number of rotatable bonds is 5. The van der Waals surface area contributed by atoms with Crippen molar-refractivity contribution in [3.05, 3.63) is 59.4 Å². The first-order valence-corrected chi connectivity index (χ1v) is 6.86. The summed E-state index contributed by atoms with van der Waals surface area (Å²) in [6, 6.07) is 10.6. The number of hydrogen-bond acceptors (Lipinski definition) is 3. The highest BCUT2D eigenvalue weighted by Gasteiger charge is 2.11. The normalized spacial score (nSPS) is 10.1. The summed E-state index contributed by atoms with van der Waals surface area (Å²) in [6.07, 6.45) is 0. The van der Waals surface area contributed by atoms with Gasteiger partial charge in [0.15, 0.2) is 17.3 Å². The number of anilines is 1. The number of ketones is 1. The van der Waals surface area contributed by atoms with E-state index in [4.69, 9.17) is 4.74 Å². The third-order valence-corrected chi connectivity index (χ3v) is 3.02. The fourth-order valence-corrected chi connectivity index (χ4v) is 1.93. The molecule has 4 nitrogen and oxygen atoms in total. The standard InChI is InChI=1S/C17H16FNO3/c1-3-22-16-8-7-13(10-15(16)18)17(21)19-14-6-4-5-12(9-14)11(2)20/h4-10H,3H2,1-2H3,(H,19,21). The van der Waals surface area contributed by atoms with Gasteiger partial charge in [-0.1, -0.05) is 12.1 Å². The average molecular weight is 301 g/mol. The van der Waals surface area contributed by atoms with Crippen molar-refractivity contribution in [1.29, 1.82) is 0 Å². The number of ether oxygens (including phenoxy) is 1. The Morgan fingerprint density at radius 1 is 1.14 bits per heavy atom. The third kappa shape index (κ3) is 3.69. The summed E-state index contributed by atoms with van der Waals surface area (Å²) in [4.78, 5) is 23.4. The first-order chi connectivity index (χ1) is 10.5. The Morgan fingerprint density at radius 3 is 2.55 bits per heavy atom. The largest absolute Gasteiger partial charge is 0.491 e. The molecule has 0 aliphatic heterocycles. The fourth-order valence-electron chi connectivity index (χ4n) is 1.93. The van der Waals surface area contributed by atoms with E-state index in [1.54, 1.807) is 31.2 Å². The van der Waals surface area contributed by atoms with Crippen LogP contribution in [0, 0.1) is 5.82 Å². The van der Waals surface area contributed by atoms with E-state index < -0.39 is 11.7 Å². The Kier molecular flexibility index (Phi) is 4.88. The number of Topliss-reactive ketones (excluding diaryl/α,β-unsaturated/α-hetero) is 1. The maximum Gasteiger partial charge on any atom is 0.255 e. The second-order valence-corrected chi connectivity index (χ2v) is 4.67. The summed E-state index contributed by atoms with van der Waals surface area (Å²) in [5.41, 5.74) is 1.15. The van der Waals surface area contributed by atoms with Crippen molar-refractivity contribution in [2.24, 2.45) is 0 Å². The molecule has 2 aromatic rings. The quantitative estimate of drug-likeness (QED) is 0.857. The molecule has 1 amide bonds. The molecule has 2 aromatic carbocycles. The topological polar surface area (TPSA) is 55.4 Å². The first kappa shape index (κ1) is 15.7. The van der Waals surface area contributed by atoms with E-state index >= 15 is 0 Å². The molecular weight excluding hydrogens is 285 g/mol. The van der Waals surface area contributed by atoms with Gasteiger partial charge in [-0.05, 0) is 44.2 Å². The van der Waals surface area contributed by atoms with Crippen molar-refractivity contribution in [2.75, 3.05) is 11.9 Å². The van der Waals surface area contributed by atoms with Gasteiger partial charge in [-0.3, -0.25) is 9.59 Å². The van der Waals surface area contributed by atoms with E-state index in [1.165, 1.54) is 19.1 Å². The molecule has 0 unspecified atom stereocenters. The Labute approximate surface area is 127 Å². The second kappa shape index (κ2) is 6.85. The molecule has 0 aliphatic rings. The molecule has 0 atom stereocenters. The van der Waals surface area contributed by atoms with Gasteiger partial charge in [0.25, 0.3) is 5.91 Å². The number of nitrogens with one attached hydrogen (secondary N) is 1. The number of amides is 1. The van der Waals surface area contributed by atoms with E-state index in [2.05, 4.69) is 5.32 Å². The lowest BCUT2D eigenvalue weighted by atomic mass is 10.1. The Hall–Kier alpha value is -2.69. The molecular formula is C17H16FNO3. The monoisotopic (exact) mass is 301 g/mol. The van der Waals surface area contributed by atoms with Crippen LogP contribution in [0.1, 0.15) is 34.6 Å². The summed E-state index contributed by atoms with van der Waals surface area (Å²) >= 11 is 0. The molecule has 0 saturated heterocycles. The van der Waals surface area contributed by atoms with Gasteiger partial charge in [-0.2, -0.15) is 0 Å². The minimum Gasteiger partial charge on any atom is -0.491 e. The van der Waals surface area contributed by atoms with Crippen molar-refractivity contribution >= 4 is 17.4 Å². The predicted molar refractivity (Wildman–Crippen MR) is 82.0 cm³/mol. The second-order valence-electron chi connectivity index (χ2n) is 4.67. The van der Waals surface area contributed by atoms with E-state index in [9.17, 15) is 14.0 Å². The fraction of sp³-hybridized carbons (Fsp3) is 0.176. The minimum atomic E-state index is -0.591. The summed E-state index contributed by atoms with van der Waals surface area (Å²) < 4.78 is 18.8. The molecule has 0 aromatic heterocycles. The van der Waals surface area contributed by atoms with Crippen LogP contribution in [0.25, 0.3) is 0 Å². The SMILES string of the molecule is CCOc1ccc(C(=O)Nc2cccc(C(C)=O)c2)cc1F. The van der Waals surface area contributed by atoms with Crippen LogP contribution in [-0.4, -0.2) is 18.3 Å². The van der Waals surface area contributed by atoms with E-state index in [0.29, 0.717) is 17.9 Å². The Morgan fingerprint density at radius 2 is 1.91 bits per heavy atom. The van der Waals surface area contributed by atoms with E-state index in [1.807, 2.05) is 0 Å². The molecule has 5 heteroatoms. The van der Waals surface area contributed by atoms with Crippen LogP contribution in [0.5, 0.6) is 5.75 Å². The van der Waals surface area contributed by atoms with Gasteiger partial charge in [0.05, 0.1) is 6.61 Å². The molecule has 0 heterocycles. The van der Waals surface area contributed by atoms with Gasteiger partial charge in [0.1, 0.15) is 0 Å². The van der Waals surface area contributed by atoms with Gasteiger partial charge in [-0.25, -0.2) is 4.39 Å². The molecule has 0 aliphatic carbocycles. The van der Waals surface area contributed by atoms with Gasteiger partial charge >= 0.3 is 0 Å². The van der Waals surface area contributed by atoms with E-state index in [0.717, 1.165) is 6.07 Å². The summed E-state index contributed by atoms with van der Waals surface area (Å²) in [5.74, 6) is -1.03. The van der Waals surface area contributed by atoms with Crippen molar-refractivity contribution in [3.63, 3.8) is 0 Å². The highest BCUT2D eigenvalue weighted by molar-refractivity contribution is 6.05. The number of hydrogen-bond donors (Lipinski definition) is 1. The highest BCUT2D eigenvalue weighted by atomic mass is 19.1. The predicted octanol–water partition coefficient (Wildman–Crippen LogP) is 3.68.